The highest BCUT2D eigenvalue weighted by Gasteiger charge is 2.35. The number of carbonyl (C=O) groups is 2. The van der Waals surface area contributed by atoms with Crippen molar-refractivity contribution in [2.24, 2.45) is 5.73 Å². The van der Waals surface area contributed by atoms with Crippen LogP contribution >= 0.6 is 0 Å². The fraction of sp³-hybridized carbons (Fsp3) is 0.778. The minimum absolute atomic E-state index is 0.221. The average molecular weight is 255 g/mol. The van der Waals surface area contributed by atoms with E-state index in [-0.39, 0.29) is 12.8 Å². The summed E-state index contributed by atoms with van der Waals surface area (Å²) in [7, 11) is 0. The quantitative estimate of drug-likeness (QED) is 0.742. The Balaban J connectivity index is 2.28. The van der Waals surface area contributed by atoms with Gasteiger partial charge in [0.25, 0.3) is 0 Å². The van der Waals surface area contributed by atoms with E-state index in [0.717, 1.165) is 0 Å². The molecule has 0 spiro atoms. The van der Waals surface area contributed by atoms with Gasteiger partial charge in [0.2, 0.25) is 5.91 Å². The molecule has 5 nitrogen and oxygen atoms in total. The molecular formula is C9H12F3NO4. The molecule has 1 saturated heterocycles. The maximum atomic E-state index is 11.8. The van der Waals surface area contributed by atoms with Crippen molar-refractivity contribution in [3.63, 3.8) is 0 Å². The van der Waals surface area contributed by atoms with Crippen LogP contribution in [0.5, 0.6) is 0 Å². The Labute approximate surface area is 95.0 Å². The summed E-state index contributed by atoms with van der Waals surface area (Å²) in [4.78, 5) is 21.9. The molecule has 1 heterocycles. The predicted molar refractivity (Wildman–Crippen MR) is 48.7 cm³/mol. The lowest BCUT2D eigenvalue weighted by Crippen LogP contribution is -2.31. The number of nitrogens with two attached hydrogens (primary N) is 1. The molecule has 17 heavy (non-hydrogen) atoms. The molecule has 0 unspecified atom stereocenters. The molecule has 0 saturated carbocycles. The van der Waals surface area contributed by atoms with Crippen LogP contribution in [0.15, 0.2) is 0 Å². The summed E-state index contributed by atoms with van der Waals surface area (Å²) in [6, 6.07) is 0. The third-order valence-electron chi connectivity index (χ3n) is 2.23. The van der Waals surface area contributed by atoms with E-state index in [9.17, 15) is 22.8 Å². The molecular weight excluding hydrogens is 243 g/mol. The maximum Gasteiger partial charge on any atom is 0.392 e. The summed E-state index contributed by atoms with van der Waals surface area (Å²) in [5, 5.41) is 0. The minimum atomic E-state index is -4.37. The topological polar surface area (TPSA) is 78.6 Å². The van der Waals surface area contributed by atoms with Crippen molar-refractivity contribution in [2.45, 2.75) is 37.6 Å². The van der Waals surface area contributed by atoms with Crippen molar-refractivity contribution in [2.75, 3.05) is 6.61 Å². The molecule has 2 N–H and O–H groups in total. The van der Waals surface area contributed by atoms with Crippen molar-refractivity contribution in [1.82, 2.24) is 0 Å². The van der Waals surface area contributed by atoms with E-state index in [4.69, 9.17) is 10.5 Å². The zero-order chi connectivity index (χ0) is 13.1. The second kappa shape index (κ2) is 5.35. The highest BCUT2D eigenvalue weighted by atomic mass is 19.4. The fourth-order valence-electron chi connectivity index (χ4n) is 1.38. The van der Waals surface area contributed by atoms with E-state index in [1.807, 2.05) is 0 Å². The first kappa shape index (κ1) is 13.8. The van der Waals surface area contributed by atoms with Crippen molar-refractivity contribution >= 4 is 11.9 Å². The van der Waals surface area contributed by atoms with Crippen molar-refractivity contribution in [3.8, 4) is 0 Å². The Morgan fingerprint density at radius 3 is 2.35 bits per heavy atom. The Morgan fingerprint density at radius 2 is 1.88 bits per heavy atom. The number of rotatable bonds is 4. The van der Waals surface area contributed by atoms with E-state index in [1.165, 1.54) is 0 Å². The van der Waals surface area contributed by atoms with Gasteiger partial charge in [-0.2, -0.15) is 13.2 Å². The second-order valence-electron chi connectivity index (χ2n) is 3.63. The van der Waals surface area contributed by atoms with Crippen molar-refractivity contribution < 1.29 is 32.2 Å². The molecule has 8 heteroatoms. The number of ether oxygens (including phenoxy) is 2. The predicted octanol–water partition coefficient (Wildman–Crippen LogP) is 0.515. The molecule has 98 valence electrons. The number of carbonyl (C=O) groups excluding carboxylic acids is 2. The Hall–Kier alpha value is -1.31. The number of alkyl halides is 3. The highest BCUT2D eigenvalue weighted by molar-refractivity contribution is 5.81. The van der Waals surface area contributed by atoms with Gasteiger partial charge in [0.05, 0.1) is 6.42 Å². The Kier molecular flexibility index (Phi) is 4.33. The van der Waals surface area contributed by atoms with Gasteiger partial charge in [-0.3, -0.25) is 4.79 Å². The summed E-state index contributed by atoms with van der Waals surface area (Å²) < 4.78 is 44.6. The van der Waals surface area contributed by atoms with Gasteiger partial charge in [-0.15, -0.1) is 0 Å². The van der Waals surface area contributed by atoms with Crippen LogP contribution in [-0.4, -0.2) is 36.9 Å². The summed E-state index contributed by atoms with van der Waals surface area (Å²) in [5.74, 6) is -1.59. The first-order valence-corrected chi connectivity index (χ1v) is 4.98. The van der Waals surface area contributed by atoms with Crippen LogP contribution in [0.1, 0.15) is 19.3 Å². The van der Waals surface area contributed by atoms with E-state index < -0.39 is 43.3 Å². The smallest absolute Gasteiger partial charge is 0.392 e. The van der Waals surface area contributed by atoms with E-state index in [2.05, 4.69) is 4.74 Å². The number of halogens is 3. The van der Waals surface area contributed by atoms with Crippen LogP contribution in [-0.2, 0) is 19.1 Å². The molecule has 1 fully saturated rings. The third-order valence-corrected chi connectivity index (χ3v) is 2.23. The lowest BCUT2D eigenvalue weighted by Gasteiger charge is -2.12. The Morgan fingerprint density at radius 1 is 1.29 bits per heavy atom. The number of primary amides is 1. The minimum Gasteiger partial charge on any atom is -0.463 e. The number of hydrogen-bond acceptors (Lipinski definition) is 4. The third kappa shape index (κ3) is 4.59. The number of esters is 1. The first-order valence-electron chi connectivity index (χ1n) is 4.98. The first-order chi connectivity index (χ1) is 7.79. The monoisotopic (exact) mass is 255 g/mol. The molecule has 1 rings (SSSR count). The fourth-order valence-corrected chi connectivity index (χ4v) is 1.38. The molecule has 2 atom stereocenters. The second-order valence-corrected chi connectivity index (χ2v) is 3.63. The highest BCUT2D eigenvalue weighted by Crippen LogP contribution is 2.22. The van der Waals surface area contributed by atoms with Crippen molar-refractivity contribution in [1.29, 1.82) is 0 Å². The summed E-state index contributed by atoms with van der Waals surface area (Å²) in [5.41, 5.74) is 4.95. The van der Waals surface area contributed by atoms with E-state index >= 15 is 0 Å². The van der Waals surface area contributed by atoms with Gasteiger partial charge >= 0.3 is 12.1 Å². The van der Waals surface area contributed by atoms with E-state index in [0.29, 0.717) is 0 Å². The molecule has 0 radical (unpaired) electrons. The van der Waals surface area contributed by atoms with Crippen LogP contribution < -0.4 is 5.73 Å². The van der Waals surface area contributed by atoms with Gasteiger partial charge < -0.3 is 15.2 Å². The number of hydrogen-bond donors (Lipinski definition) is 1. The SMILES string of the molecule is NC(=O)[C@@H]1CC[C@@H](C(=O)OCCC(F)(F)F)O1. The number of amides is 1. The summed E-state index contributed by atoms with van der Waals surface area (Å²) in [6.45, 7) is -0.747. The molecule has 0 bridgehead atoms. The average Bonchev–Trinajstić information content (AvgIpc) is 2.63. The zero-order valence-electron chi connectivity index (χ0n) is 8.83. The molecule has 0 aromatic carbocycles. The van der Waals surface area contributed by atoms with Gasteiger partial charge in [0.15, 0.2) is 6.10 Å². The van der Waals surface area contributed by atoms with Gasteiger partial charge in [0, 0.05) is 0 Å². The van der Waals surface area contributed by atoms with Crippen LogP contribution in [0, 0.1) is 0 Å². The maximum absolute atomic E-state index is 11.8. The van der Waals surface area contributed by atoms with Crippen LogP contribution in [0.25, 0.3) is 0 Å². The van der Waals surface area contributed by atoms with Crippen molar-refractivity contribution in [3.05, 3.63) is 0 Å². The van der Waals surface area contributed by atoms with Gasteiger partial charge in [-0.05, 0) is 12.8 Å². The normalized spacial score (nSPS) is 24.6. The molecule has 1 aliphatic rings. The van der Waals surface area contributed by atoms with Crippen LogP contribution in [0.3, 0.4) is 0 Å². The molecule has 1 amide bonds. The molecule has 1 aliphatic heterocycles. The van der Waals surface area contributed by atoms with Gasteiger partial charge in [0.1, 0.15) is 12.7 Å². The molecule has 0 aromatic rings. The van der Waals surface area contributed by atoms with Gasteiger partial charge in [-0.1, -0.05) is 0 Å². The van der Waals surface area contributed by atoms with Crippen LogP contribution in [0.2, 0.25) is 0 Å². The zero-order valence-corrected chi connectivity index (χ0v) is 8.83. The molecule has 0 aromatic heterocycles. The van der Waals surface area contributed by atoms with E-state index in [1.54, 1.807) is 0 Å². The summed E-state index contributed by atoms with van der Waals surface area (Å²) >= 11 is 0. The largest absolute Gasteiger partial charge is 0.463 e. The summed E-state index contributed by atoms with van der Waals surface area (Å²) in [6.07, 6.45) is -6.94. The van der Waals surface area contributed by atoms with Gasteiger partial charge in [-0.25, -0.2) is 4.79 Å². The standard InChI is InChI=1S/C9H12F3NO4/c10-9(11,12)3-4-16-8(15)6-2-1-5(17-6)7(13)14/h5-6H,1-4H2,(H2,13,14)/t5-,6-/m0/s1. The molecule has 0 aliphatic carbocycles. The van der Waals surface area contributed by atoms with Crippen LogP contribution in [0.4, 0.5) is 13.2 Å². The lowest BCUT2D eigenvalue weighted by atomic mass is 10.2. The lowest BCUT2D eigenvalue weighted by molar-refractivity contribution is -0.167. The Bertz CT molecular complexity index is 305.